The van der Waals surface area contributed by atoms with Gasteiger partial charge in [0.15, 0.2) is 0 Å². The molecule has 1 aromatic carbocycles. The number of halogens is 1. The molecule has 92 valence electrons. The van der Waals surface area contributed by atoms with E-state index >= 15 is 0 Å². The third-order valence-corrected chi connectivity index (χ3v) is 3.15. The molecule has 1 saturated heterocycles. The first-order chi connectivity index (χ1) is 8.75. The summed E-state index contributed by atoms with van der Waals surface area (Å²) < 4.78 is 10.2. The summed E-state index contributed by atoms with van der Waals surface area (Å²) in [5, 5.41) is 1.88. The van der Waals surface area contributed by atoms with E-state index in [4.69, 9.17) is 21.1 Å². The summed E-state index contributed by atoms with van der Waals surface area (Å²) in [6, 6.07) is 7.36. The Kier molecular flexibility index (Phi) is 2.89. The highest BCUT2D eigenvalue weighted by molar-refractivity contribution is 6.34. The molecule has 5 heteroatoms. The fraction of sp³-hybridized carbons (Fsp3) is 0.231. The molecule has 1 aliphatic heterocycles. The Morgan fingerprint density at radius 2 is 2.06 bits per heavy atom. The Balaban J connectivity index is 2.00. The Hall–Kier alpha value is -1.65. The predicted molar refractivity (Wildman–Crippen MR) is 66.8 cm³/mol. The van der Waals surface area contributed by atoms with Crippen LogP contribution in [0.25, 0.3) is 10.8 Å². The van der Waals surface area contributed by atoms with Crippen molar-refractivity contribution in [3.8, 4) is 0 Å². The molecule has 0 radical (unpaired) electrons. The number of nitrogens with zero attached hydrogens (tertiary/aromatic N) is 1. The highest BCUT2D eigenvalue weighted by Crippen LogP contribution is 2.25. The normalized spacial score (nSPS) is 15.4. The molecule has 18 heavy (non-hydrogen) atoms. The van der Waals surface area contributed by atoms with Gasteiger partial charge in [-0.1, -0.05) is 35.9 Å². The van der Waals surface area contributed by atoms with Crippen LogP contribution >= 0.6 is 11.6 Å². The molecule has 4 nitrogen and oxygen atoms in total. The maximum absolute atomic E-state index is 12.0. The van der Waals surface area contributed by atoms with Crippen LogP contribution in [-0.2, 0) is 9.47 Å². The molecular formula is C13H10ClNO3. The first-order valence-electron chi connectivity index (χ1n) is 5.57. The van der Waals surface area contributed by atoms with E-state index in [1.165, 1.54) is 6.20 Å². The Morgan fingerprint density at radius 3 is 2.72 bits per heavy atom. The quantitative estimate of drug-likeness (QED) is 0.617. The van der Waals surface area contributed by atoms with E-state index in [1.54, 1.807) is 0 Å². The molecule has 1 aromatic heterocycles. The first kappa shape index (κ1) is 11.4. The maximum atomic E-state index is 12.0. The molecule has 0 amide bonds. The van der Waals surface area contributed by atoms with Crippen molar-refractivity contribution in [2.24, 2.45) is 0 Å². The van der Waals surface area contributed by atoms with E-state index in [0.717, 1.165) is 10.8 Å². The van der Waals surface area contributed by atoms with E-state index in [9.17, 15) is 4.79 Å². The molecular weight excluding hydrogens is 254 g/mol. The van der Waals surface area contributed by atoms with Crippen LogP contribution in [0, 0.1) is 0 Å². The molecule has 0 unspecified atom stereocenters. The second kappa shape index (κ2) is 4.55. The highest BCUT2D eigenvalue weighted by atomic mass is 35.5. The molecule has 1 aliphatic rings. The van der Waals surface area contributed by atoms with Crippen molar-refractivity contribution in [1.29, 1.82) is 0 Å². The standard InChI is InChI=1S/C13H10ClNO3/c14-12-10-4-2-1-3-9(10)11(5-15-12)13(16)18-8-6-17-7-8/h1-5,8H,6-7H2. The molecule has 2 aromatic rings. The van der Waals surface area contributed by atoms with Crippen LogP contribution in [0.1, 0.15) is 10.4 Å². The van der Waals surface area contributed by atoms with Crippen molar-refractivity contribution in [3.63, 3.8) is 0 Å². The van der Waals surface area contributed by atoms with Crippen LogP contribution in [0.2, 0.25) is 5.15 Å². The van der Waals surface area contributed by atoms with E-state index < -0.39 is 0 Å². The average Bonchev–Trinajstić information content (AvgIpc) is 2.34. The van der Waals surface area contributed by atoms with Crippen molar-refractivity contribution in [1.82, 2.24) is 4.98 Å². The number of hydrogen-bond acceptors (Lipinski definition) is 4. The van der Waals surface area contributed by atoms with Crippen molar-refractivity contribution in [3.05, 3.63) is 41.2 Å². The minimum atomic E-state index is -0.385. The third kappa shape index (κ3) is 1.94. The SMILES string of the molecule is O=C(OC1COC1)c1cnc(Cl)c2ccccc12. The van der Waals surface area contributed by atoms with Gasteiger partial charge in [0, 0.05) is 17.0 Å². The third-order valence-electron chi connectivity index (χ3n) is 2.85. The van der Waals surface area contributed by atoms with Gasteiger partial charge in [0.1, 0.15) is 11.3 Å². The zero-order valence-corrected chi connectivity index (χ0v) is 10.2. The molecule has 2 heterocycles. The average molecular weight is 264 g/mol. The summed E-state index contributed by atoms with van der Waals surface area (Å²) in [5.41, 5.74) is 0.432. The summed E-state index contributed by atoms with van der Waals surface area (Å²) in [5.74, 6) is -0.385. The summed E-state index contributed by atoms with van der Waals surface area (Å²) in [6.45, 7) is 0.926. The predicted octanol–water partition coefficient (Wildman–Crippen LogP) is 2.44. The monoisotopic (exact) mass is 263 g/mol. The van der Waals surface area contributed by atoms with Crippen molar-refractivity contribution in [2.45, 2.75) is 6.10 Å². The number of hydrogen-bond donors (Lipinski definition) is 0. The number of benzene rings is 1. The fourth-order valence-electron chi connectivity index (χ4n) is 1.82. The number of rotatable bonds is 2. The number of carbonyl (C=O) groups excluding carboxylic acids is 1. The number of aromatic nitrogens is 1. The van der Waals surface area contributed by atoms with Gasteiger partial charge in [-0.05, 0) is 0 Å². The Labute approximate surface area is 108 Å². The minimum Gasteiger partial charge on any atom is -0.454 e. The van der Waals surface area contributed by atoms with E-state index in [1.807, 2.05) is 24.3 Å². The van der Waals surface area contributed by atoms with Gasteiger partial charge in [-0.2, -0.15) is 0 Å². The van der Waals surface area contributed by atoms with Crippen LogP contribution in [-0.4, -0.2) is 30.3 Å². The number of pyridine rings is 1. The molecule has 0 saturated carbocycles. The molecule has 0 spiro atoms. The first-order valence-corrected chi connectivity index (χ1v) is 5.95. The maximum Gasteiger partial charge on any atom is 0.340 e. The van der Waals surface area contributed by atoms with E-state index in [-0.39, 0.29) is 12.1 Å². The fourth-order valence-corrected chi connectivity index (χ4v) is 2.03. The lowest BCUT2D eigenvalue weighted by Crippen LogP contribution is -2.37. The lowest BCUT2D eigenvalue weighted by Gasteiger charge is -2.25. The number of ether oxygens (including phenoxy) is 2. The van der Waals surface area contributed by atoms with Crippen LogP contribution in [0.4, 0.5) is 0 Å². The van der Waals surface area contributed by atoms with Gasteiger partial charge in [0.25, 0.3) is 0 Å². The lowest BCUT2D eigenvalue weighted by atomic mass is 10.1. The summed E-state index contributed by atoms with van der Waals surface area (Å²) >= 11 is 5.99. The molecule has 0 atom stereocenters. The zero-order valence-electron chi connectivity index (χ0n) is 9.43. The summed E-state index contributed by atoms with van der Waals surface area (Å²) in [6.07, 6.45) is 1.30. The van der Waals surface area contributed by atoms with Crippen molar-refractivity contribution >= 4 is 28.3 Å². The summed E-state index contributed by atoms with van der Waals surface area (Å²) in [4.78, 5) is 16.0. The molecule has 1 fully saturated rings. The van der Waals surface area contributed by atoms with Crippen LogP contribution < -0.4 is 0 Å². The Morgan fingerprint density at radius 1 is 1.33 bits per heavy atom. The zero-order chi connectivity index (χ0) is 12.5. The van der Waals surface area contributed by atoms with Crippen molar-refractivity contribution < 1.29 is 14.3 Å². The van der Waals surface area contributed by atoms with Crippen molar-refractivity contribution in [2.75, 3.05) is 13.2 Å². The highest BCUT2D eigenvalue weighted by Gasteiger charge is 2.24. The van der Waals surface area contributed by atoms with Gasteiger partial charge in [-0.15, -0.1) is 0 Å². The van der Waals surface area contributed by atoms with Crippen LogP contribution in [0.15, 0.2) is 30.5 Å². The molecule has 3 rings (SSSR count). The lowest BCUT2D eigenvalue weighted by molar-refractivity contribution is -0.103. The topological polar surface area (TPSA) is 48.4 Å². The number of esters is 1. The van der Waals surface area contributed by atoms with Gasteiger partial charge >= 0.3 is 5.97 Å². The van der Waals surface area contributed by atoms with E-state index in [2.05, 4.69) is 4.98 Å². The molecule has 0 bridgehead atoms. The van der Waals surface area contributed by atoms with Gasteiger partial charge in [0.05, 0.1) is 18.8 Å². The van der Waals surface area contributed by atoms with Gasteiger partial charge < -0.3 is 9.47 Å². The number of carbonyl (C=O) groups is 1. The van der Waals surface area contributed by atoms with Crippen LogP contribution in [0.5, 0.6) is 0 Å². The van der Waals surface area contributed by atoms with Gasteiger partial charge in [0.2, 0.25) is 0 Å². The minimum absolute atomic E-state index is 0.146. The molecule has 0 N–H and O–H groups in total. The smallest absolute Gasteiger partial charge is 0.340 e. The summed E-state index contributed by atoms with van der Waals surface area (Å²) in [7, 11) is 0. The number of fused-ring (bicyclic) bond motifs is 1. The largest absolute Gasteiger partial charge is 0.454 e. The second-order valence-electron chi connectivity index (χ2n) is 4.07. The van der Waals surface area contributed by atoms with Crippen LogP contribution in [0.3, 0.4) is 0 Å². The van der Waals surface area contributed by atoms with E-state index in [0.29, 0.717) is 23.9 Å². The second-order valence-corrected chi connectivity index (χ2v) is 4.43. The molecule has 0 aliphatic carbocycles. The van der Waals surface area contributed by atoms with Gasteiger partial charge in [-0.3, -0.25) is 0 Å². The van der Waals surface area contributed by atoms with Gasteiger partial charge in [-0.25, -0.2) is 9.78 Å². The Bertz CT molecular complexity index is 610.